The molecule has 0 aromatic rings. The van der Waals surface area contributed by atoms with Gasteiger partial charge in [0, 0.05) is 6.20 Å². The number of hydrogen-bond acceptors (Lipinski definition) is 3. The highest BCUT2D eigenvalue weighted by Gasteiger charge is 2.10. The fourth-order valence-corrected chi connectivity index (χ4v) is 1.89. The average Bonchev–Trinajstić information content (AvgIpc) is 2.17. The van der Waals surface area contributed by atoms with Gasteiger partial charge in [-0.15, -0.1) is 0 Å². The van der Waals surface area contributed by atoms with Crippen molar-refractivity contribution in [1.29, 1.82) is 0 Å². The highest BCUT2D eigenvalue weighted by molar-refractivity contribution is 7.71. The van der Waals surface area contributed by atoms with Crippen molar-refractivity contribution in [3.8, 4) is 11.5 Å². The van der Waals surface area contributed by atoms with Gasteiger partial charge in [0.15, 0.2) is 5.82 Å². The topological polar surface area (TPSA) is 41.6 Å². The van der Waals surface area contributed by atoms with Gasteiger partial charge in [-0.25, -0.2) is 9.97 Å². The number of aromatic amines is 1. The molecule has 0 amide bonds. The Morgan fingerprint density at radius 3 is 2.73 bits per heavy atom. The number of aromatic nitrogens is 3. The van der Waals surface area contributed by atoms with E-state index in [0.717, 1.165) is 22.8 Å². The van der Waals surface area contributed by atoms with Crippen molar-refractivity contribution in [3.63, 3.8) is 0 Å². The molecule has 78 valence electrons. The number of aryl methyl sites for hydroxylation is 1. The van der Waals surface area contributed by atoms with E-state index in [1.165, 1.54) is 0 Å². The van der Waals surface area contributed by atoms with Crippen molar-refractivity contribution in [2.45, 2.75) is 26.7 Å². The monoisotopic (exact) mass is 219 g/mol. The highest BCUT2D eigenvalue weighted by Crippen LogP contribution is 2.22. The predicted molar refractivity (Wildman–Crippen MR) is 62.7 cm³/mol. The minimum atomic E-state index is 0.386. The van der Waals surface area contributed by atoms with Crippen LogP contribution < -0.4 is 0 Å². The van der Waals surface area contributed by atoms with E-state index in [0.29, 0.717) is 10.6 Å². The summed E-state index contributed by atoms with van der Waals surface area (Å²) >= 11 is 5.23. The molecule has 0 aliphatic carbocycles. The summed E-state index contributed by atoms with van der Waals surface area (Å²) in [5.41, 5.74) is 2.92. The number of hydrogen-bond donors (Lipinski definition) is 1. The van der Waals surface area contributed by atoms with Crippen LogP contribution in [-0.2, 0) is 0 Å². The molecule has 0 aromatic carbocycles. The quantitative estimate of drug-likeness (QED) is 0.749. The van der Waals surface area contributed by atoms with Gasteiger partial charge in [-0.1, -0.05) is 26.1 Å². The molecule has 2 aliphatic heterocycles. The van der Waals surface area contributed by atoms with Gasteiger partial charge in [-0.3, -0.25) is 0 Å². The first-order chi connectivity index (χ1) is 7.08. The molecular formula is C11H13N3S. The molecule has 2 aliphatic rings. The molecule has 0 saturated heterocycles. The summed E-state index contributed by atoms with van der Waals surface area (Å²) in [4.78, 5) is 11.8. The van der Waals surface area contributed by atoms with Gasteiger partial charge in [-0.05, 0) is 24.5 Å². The Labute approximate surface area is 93.9 Å². The van der Waals surface area contributed by atoms with Crippen LogP contribution in [0.3, 0.4) is 0 Å². The van der Waals surface area contributed by atoms with E-state index in [4.69, 9.17) is 12.2 Å². The molecule has 1 N–H and O–H groups in total. The average molecular weight is 219 g/mol. The lowest BCUT2D eigenvalue weighted by molar-refractivity contribution is 0.848. The Bertz CT molecular complexity index is 516. The normalized spacial score (nSPS) is 11.2. The minimum absolute atomic E-state index is 0.386. The zero-order valence-electron chi connectivity index (χ0n) is 9.03. The third-order valence-corrected chi connectivity index (χ3v) is 2.66. The molecule has 0 aromatic heterocycles. The van der Waals surface area contributed by atoms with Crippen LogP contribution >= 0.6 is 12.2 Å². The number of pyridine rings is 1. The maximum absolute atomic E-state index is 5.23. The molecule has 0 radical (unpaired) electrons. The zero-order valence-corrected chi connectivity index (χ0v) is 9.85. The molecule has 15 heavy (non-hydrogen) atoms. The van der Waals surface area contributed by atoms with Crippen molar-refractivity contribution < 1.29 is 0 Å². The van der Waals surface area contributed by atoms with Crippen LogP contribution in [0.1, 0.15) is 31.0 Å². The lowest BCUT2D eigenvalue weighted by atomic mass is 10.0. The van der Waals surface area contributed by atoms with E-state index < -0.39 is 0 Å². The van der Waals surface area contributed by atoms with Gasteiger partial charge in [0.1, 0.15) is 10.3 Å². The lowest BCUT2D eigenvalue weighted by Crippen LogP contribution is -2.01. The summed E-state index contributed by atoms with van der Waals surface area (Å²) in [6.07, 6.45) is 1.83. The lowest BCUT2D eigenvalue weighted by Gasteiger charge is -2.09. The van der Waals surface area contributed by atoms with Crippen molar-refractivity contribution in [1.82, 2.24) is 15.0 Å². The van der Waals surface area contributed by atoms with E-state index in [1.54, 1.807) is 0 Å². The van der Waals surface area contributed by atoms with Gasteiger partial charge in [0.05, 0.1) is 5.69 Å². The first-order valence-corrected chi connectivity index (χ1v) is 5.35. The van der Waals surface area contributed by atoms with Gasteiger partial charge < -0.3 is 4.98 Å². The standard InChI is InChI=1S/C11H13N3S/c1-6(2)8-4-9-10(14-11(8)15)12-5-7(3)13-9/h4-6H,1-3H3,(H,12,14,15). The third kappa shape index (κ3) is 1.90. The Balaban J connectivity index is 2.74. The van der Waals surface area contributed by atoms with Gasteiger partial charge in [0.2, 0.25) is 0 Å². The van der Waals surface area contributed by atoms with Crippen LogP contribution in [0.15, 0.2) is 12.3 Å². The summed E-state index contributed by atoms with van der Waals surface area (Å²) in [5, 5.41) is 0. The molecule has 0 atom stereocenters. The molecule has 0 saturated carbocycles. The maximum atomic E-state index is 5.23. The van der Waals surface area contributed by atoms with Crippen LogP contribution in [0.25, 0.3) is 11.5 Å². The van der Waals surface area contributed by atoms with Gasteiger partial charge in [-0.2, -0.15) is 0 Å². The highest BCUT2D eigenvalue weighted by atomic mass is 32.1. The maximum Gasteiger partial charge on any atom is 0.157 e. The minimum Gasteiger partial charge on any atom is -0.343 e. The van der Waals surface area contributed by atoms with Crippen LogP contribution in [-0.4, -0.2) is 15.0 Å². The molecule has 0 bridgehead atoms. The van der Waals surface area contributed by atoms with Crippen LogP contribution in [0, 0.1) is 11.6 Å². The molecule has 0 spiro atoms. The first-order valence-electron chi connectivity index (χ1n) is 4.95. The SMILES string of the molecule is Cc1c[nH]c2nc(=S)c(C(C)C)cc-2n1. The Morgan fingerprint density at radius 2 is 2.07 bits per heavy atom. The Morgan fingerprint density at radius 1 is 1.33 bits per heavy atom. The molecule has 0 unspecified atom stereocenters. The second-order valence-corrected chi connectivity index (χ2v) is 4.33. The van der Waals surface area contributed by atoms with Gasteiger partial charge in [0.25, 0.3) is 0 Å². The molecule has 4 heteroatoms. The Hall–Kier alpha value is -1.29. The second kappa shape index (κ2) is 3.70. The summed E-state index contributed by atoms with van der Waals surface area (Å²) in [6.45, 7) is 6.17. The molecule has 0 fully saturated rings. The van der Waals surface area contributed by atoms with Crippen molar-refractivity contribution in [3.05, 3.63) is 28.2 Å². The number of nitrogens with one attached hydrogen (secondary N) is 1. The third-order valence-electron chi connectivity index (χ3n) is 2.33. The fourth-order valence-electron chi connectivity index (χ4n) is 1.50. The number of rotatable bonds is 1. The van der Waals surface area contributed by atoms with E-state index in [2.05, 4.69) is 28.8 Å². The van der Waals surface area contributed by atoms with Crippen LogP contribution in [0.5, 0.6) is 0 Å². The fraction of sp³-hybridized carbons (Fsp3) is 0.364. The second-order valence-electron chi connectivity index (χ2n) is 3.95. The number of nitrogens with zero attached hydrogens (tertiary/aromatic N) is 2. The largest absolute Gasteiger partial charge is 0.343 e. The Kier molecular flexibility index (Phi) is 2.52. The summed E-state index contributed by atoms with van der Waals surface area (Å²) < 4.78 is 0.666. The number of H-pyrrole nitrogens is 1. The predicted octanol–water partition coefficient (Wildman–Crippen LogP) is 3.07. The van der Waals surface area contributed by atoms with E-state index in [9.17, 15) is 0 Å². The molecule has 2 rings (SSSR count). The molecular weight excluding hydrogens is 206 g/mol. The van der Waals surface area contributed by atoms with Crippen molar-refractivity contribution >= 4 is 12.2 Å². The van der Waals surface area contributed by atoms with E-state index in [1.807, 2.05) is 19.2 Å². The molecule has 2 heterocycles. The first kappa shape index (κ1) is 10.2. The van der Waals surface area contributed by atoms with Crippen molar-refractivity contribution in [2.75, 3.05) is 0 Å². The van der Waals surface area contributed by atoms with E-state index >= 15 is 0 Å². The van der Waals surface area contributed by atoms with Gasteiger partial charge >= 0.3 is 0 Å². The summed E-state index contributed by atoms with van der Waals surface area (Å²) in [7, 11) is 0. The molecule has 3 nitrogen and oxygen atoms in total. The summed E-state index contributed by atoms with van der Waals surface area (Å²) in [6, 6.07) is 2.03. The van der Waals surface area contributed by atoms with Crippen LogP contribution in [0.2, 0.25) is 0 Å². The van der Waals surface area contributed by atoms with Crippen LogP contribution in [0.4, 0.5) is 0 Å². The van der Waals surface area contributed by atoms with Crippen molar-refractivity contribution in [2.24, 2.45) is 0 Å². The van der Waals surface area contributed by atoms with E-state index in [-0.39, 0.29) is 0 Å². The zero-order chi connectivity index (χ0) is 11.0. The number of fused-ring (bicyclic) bond motifs is 1. The smallest absolute Gasteiger partial charge is 0.157 e. The summed E-state index contributed by atoms with van der Waals surface area (Å²) in [5.74, 6) is 1.15.